The fourth-order valence-corrected chi connectivity index (χ4v) is 2.29. The quantitative estimate of drug-likeness (QED) is 0.854. The molecule has 0 aliphatic heterocycles. The van der Waals surface area contributed by atoms with Crippen molar-refractivity contribution in [3.8, 4) is 0 Å². The van der Waals surface area contributed by atoms with Crippen LogP contribution in [0.2, 0.25) is 0 Å². The average Bonchev–Trinajstić information content (AvgIpc) is 2.88. The van der Waals surface area contributed by atoms with E-state index in [0.29, 0.717) is 12.6 Å². The van der Waals surface area contributed by atoms with Gasteiger partial charge < -0.3 is 15.0 Å². The topological polar surface area (TPSA) is 57.2 Å². The highest BCUT2D eigenvalue weighted by Crippen LogP contribution is 2.24. The van der Waals surface area contributed by atoms with Gasteiger partial charge in [-0.1, -0.05) is 19.1 Å². The first-order valence-electron chi connectivity index (χ1n) is 6.87. The van der Waals surface area contributed by atoms with E-state index in [9.17, 15) is 4.79 Å². The Balaban J connectivity index is 0.000000612. The largest absolute Gasteiger partial charge is 0.388 e. The summed E-state index contributed by atoms with van der Waals surface area (Å²) in [5.74, 6) is 0. The van der Waals surface area contributed by atoms with Crippen LogP contribution < -0.4 is 5.73 Å². The van der Waals surface area contributed by atoms with Crippen molar-refractivity contribution in [3.05, 3.63) is 36.0 Å². The van der Waals surface area contributed by atoms with Gasteiger partial charge in [-0.3, -0.25) is 4.79 Å². The molecule has 2 N–H and O–H groups in total. The number of carbonyl (C=O) groups excluding carboxylic acids is 1. The molecule has 0 aliphatic carbocycles. The molecule has 0 saturated heterocycles. The standard InChI is InChI=1S/C14H18N2O.C2H6O/c1-2-13(5-7-15)16-8-6-12-4-3-11(10-17)9-14(12)16;1-3-2/h3-4,6,8-10,13H,2,5,7,15H2,1H3;1-2H3. The summed E-state index contributed by atoms with van der Waals surface area (Å²) in [6, 6.07) is 8.29. The monoisotopic (exact) mass is 276 g/mol. The first-order valence-corrected chi connectivity index (χ1v) is 6.87. The summed E-state index contributed by atoms with van der Waals surface area (Å²) >= 11 is 0. The van der Waals surface area contributed by atoms with E-state index in [2.05, 4.69) is 28.5 Å². The number of hydrogen-bond acceptors (Lipinski definition) is 3. The van der Waals surface area contributed by atoms with Crippen molar-refractivity contribution >= 4 is 17.2 Å². The summed E-state index contributed by atoms with van der Waals surface area (Å²) in [6.07, 6.45) is 4.99. The highest BCUT2D eigenvalue weighted by atomic mass is 16.4. The number of benzene rings is 1. The molecule has 1 atom stereocenters. The minimum atomic E-state index is 0.416. The Morgan fingerprint density at radius 3 is 2.60 bits per heavy atom. The molecule has 4 heteroatoms. The number of ether oxygens (including phenoxy) is 1. The number of carbonyl (C=O) groups is 1. The summed E-state index contributed by atoms with van der Waals surface area (Å²) < 4.78 is 6.48. The predicted octanol–water partition coefficient (Wildman–Crippen LogP) is 3.02. The van der Waals surface area contributed by atoms with Crippen molar-refractivity contribution in [3.63, 3.8) is 0 Å². The Hall–Kier alpha value is -1.65. The van der Waals surface area contributed by atoms with E-state index in [1.807, 2.05) is 18.2 Å². The van der Waals surface area contributed by atoms with Crippen LogP contribution in [0.15, 0.2) is 30.5 Å². The molecular formula is C16H24N2O2. The van der Waals surface area contributed by atoms with E-state index in [4.69, 9.17) is 5.73 Å². The third kappa shape index (κ3) is 3.92. The maximum Gasteiger partial charge on any atom is 0.150 e. The van der Waals surface area contributed by atoms with Gasteiger partial charge in [0.15, 0.2) is 0 Å². The van der Waals surface area contributed by atoms with Gasteiger partial charge in [0.1, 0.15) is 6.29 Å². The Bertz CT molecular complexity index is 534. The van der Waals surface area contributed by atoms with Crippen molar-refractivity contribution in [1.29, 1.82) is 0 Å². The van der Waals surface area contributed by atoms with Crippen LogP contribution >= 0.6 is 0 Å². The fraction of sp³-hybridized carbons (Fsp3) is 0.438. The molecule has 1 unspecified atom stereocenters. The van der Waals surface area contributed by atoms with Crippen molar-refractivity contribution in [2.24, 2.45) is 5.73 Å². The van der Waals surface area contributed by atoms with Crippen LogP contribution in [0.5, 0.6) is 0 Å². The third-order valence-corrected chi connectivity index (χ3v) is 3.25. The minimum absolute atomic E-state index is 0.416. The maximum absolute atomic E-state index is 10.8. The Kier molecular flexibility index (Phi) is 6.98. The zero-order valence-corrected chi connectivity index (χ0v) is 12.5. The SMILES string of the molecule is CCC(CCN)n1ccc2ccc(C=O)cc21.COC. The molecule has 1 aromatic heterocycles. The van der Waals surface area contributed by atoms with E-state index < -0.39 is 0 Å². The summed E-state index contributed by atoms with van der Waals surface area (Å²) in [6.45, 7) is 2.85. The van der Waals surface area contributed by atoms with E-state index in [-0.39, 0.29) is 0 Å². The van der Waals surface area contributed by atoms with Crippen molar-refractivity contribution in [2.75, 3.05) is 20.8 Å². The van der Waals surface area contributed by atoms with Gasteiger partial charge in [0.2, 0.25) is 0 Å². The fourth-order valence-electron chi connectivity index (χ4n) is 2.29. The molecule has 110 valence electrons. The molecular weight excluding hydrogens is 252 g/mol. The second-order valence-electron chi connectivity index (χ2n) is 4.71. The van der Waals surface area contributed by atoms with E-state index >= 15 is 0 Å². The lowest BCUT2D eigenvalue weighted by Gasteiger charge is -2.17. The van der Waals surface area contributed by atoms with Crippen LogP contribution in [-0.4, -0.2) is 31.6 Å². The van der Waals surface area contributed by atoms with Gasteiger partial charge in [0, 0.05) is 37.5 Å². The number of fused-ring (bicyclic) bond motifs is 1. The molecule has 20 heavy (non-hydrogen) atoms. The Labute approximate surface area is 120 Å². The molecule has 0 spiro atoms. The third-order valence-electron chi connectivity index (χ3n) is 3.25. The zero-order valence-electron chi connectivity index (χ0n) is 12.5. The first kappa shape index (κ1) is 16.4. The second-order valence-corrected chi connectivity index (χ2v) is 4.71. The summed E-state index contributed by atoms with van der Waals surface area (Å²) in [4.78, 5) is 10.8. The van der Waals surface area contributed by atoms with Crippen molar-refractivity contribution in [2.45, 2.75) is 25.8 Å². The van der Waals surface area contributed by atoms with Crippen molar-refractivity contribution < 1.29 is 9.53 Å². The van der Waals surface area contributed by atoms with Gasteiger partial charge in [-0.2, -0.15) is 0 Å². The molecule has 4 nitrogen and oxygen atoms in total. The highest BCUT2D eigenvalue weighted by Gasteiger charge is 2.10. The predicted molar refractivity (Wildman–Crippen MR) is 83.3 cm³/mol. The molecule has 1 aromatic carbocycles. The van der Waals surface area contributed by atoms with Gasteiger partial charge in [0.05, 0.1) is 0 Å². The van der Waals surface area contributed by atoms with Crippen LogP contribution in [0, 0.1) is 0 Å². The molecule has 0 saturated carbocycles. The smallest absolute Gasteiger partial charge is 0.150 e. The summed E-state index contributed by atoms with van der Waals surface area (Å²) in [5.41, 5.74) is 7.48. The van der Waals surface area contributed by atoms with Gasteiger partial charge in [-0.05, 0) is 36.9 Å². The second kappa shape index (κ2) is 8.51. The van der Waals surface area contributed by atoms with Gasteiger partial charge in [0.25, 0.3) is 0 Å². The number of rotatable bonds is 5. The van der Waals surface area contributed by atoms with E-state index in [1.54, 1.807) is 14.2 Å². The van der Waals surface area contributed by atoms with E-state index in [0.717, 1.165) is 30.2 Å². The minimum Gasteiger partial charge on any atom is -0.388 e. The number of nitrogens with two attached hydrogens (primary N) is 1. The maximum atomic E-state index is 10.8. The molecule has 0 radical (unpaired) electrons. The number of methoxy groups -OCH3 is 1. The normalized spacial score (nSPS) is 11.8. The van der Waals surface area contributed by atoms with Crippen LogP contribution in [0.3, 0.4) is 0 Å². The molecule has 0 amide bonds. The number of aldehydes is 1. The Morgan fingerprint density at radius 2 is 2.05 bits per heavy atom. The average molecular weight is 276 g/mol. The molecule has 2 aromatic rings. The van der Waals surface area contributed by atoms with Crippen LogP contribution in [0.1, 0.15) is 36.2 Å². The van der Waals surface area contributed by atoms with Gasteiger partial charge >= 0.3 is 0 Å². The molecule has 0 bridgehead atoms. The Morgan fingerprint density at radius 1 is 1.35 bits per heavy atom. The lowest BCUT2D eigenvalue weighted by molar-refractivity contribution is 0.112. The molecule has 1 heterocycles. The molecule has 2 rings (SSSR count). The van der Waals surface area contributed by atoms with Crippen LogP contribution in [0.25, 0.3) is 10.9 Å². The van der Waals surface area contributed by atoms with E-state index in [1.165, 1.54) is 5.39 Å². The van der Waals surface area contributed by atoms with Crippen LogP contribution in [0.4, 0.5) is 0 Å². The van der Waals surface area contributed by atoms with Crippen LogP contribution in [-0.2, 0) is 4.74 Å². The summed E-state index contributed by atoms with van der Waals surface area (Å²) in [5, 5.41) is 1.17. The number of hydrogen-bond donors (Lipinski definition) is 1. The number of nitrogens with zero attached hydrogens (tertiary/aromatic N) is 1. The lowest BCUT2D eigenvalue weighted by Crippen LogP contribution is -2.12. The lowest BCUT2D eigenvalue weighted by atomic mass is 10.1. The van der Waals surface area contributed by atoms with Gasteiger partial charge in [-0.15, -0.1) is 0 Å². The van der Waals surface area contributed by atoms with Gasteiger partial charge in [-0.25, -0.2) is 0 Å². The highest BCUT2D eigenvalue weighted by molar-refractivity contribution is 5.87. The number of aromatic nitrogens is 1. The summed E-state index contributed by atoms with van der Waals surface area (Å²) in [7, 11) is 3.25. The molecule has 0 aliphatic rings. The first-order chi connectivity index (χ1) is 9.71. The zero-order chi connectivity index (χ0) is 15.0. The van der Waals surface area contributed by atoms with Crippen molar-refractivity contribution in [1.82, 2.24) is 4.57 Å². The molecule has 0 fully saturated rings.